The largest absolute Gasteiger partial charge is 0.478 e. The highest BCUT2D eigenvalue weighted by molar-refractivity contribution is 6.02. The molecule has 112 valence electrons. The minimum atomic E-state index is -1.36. The lowest BCUT2D eigenvalue weighted by atomic mass is 9.81. The Hall–Kier alpha value is -1.85. The van der Waals surface area contributed by atoms with Crippen molar-refractivity contribution in [2.45, 2.75) is 45.4 Å². The Morgan fingerprint density at radius 1 is 1.05 bits per heavy atom. The summed E-state index contributed by atoms with van der Waals surface area (Å²) in [7, 11) is 0. The van der Waals surface area contributed by atoms with Gasteiger partial charge in [0, 0.05) is 0 Å². The maximum absolute atomic E-state index is 11.5. The molecular formula is C14H20O6. The van der Waals surface area contributed by atoms with Crippen LogP contribution in [0.3, 0.4) is 0 Å². The minimum Gasteiger partial charge on any atom is -0.478 e. The Balaban J connectivity index is 3.07. The van der Waals surface area contributed by atoms with Gasteiger partial charge in [-0.3, -0.25) is 4.79 Å². The van der Waals surface area contributed by atoms with E-state index in [2.05, 4.69) is 0 Å². The zero-order valence-corrected chi connectivity index (χ0v) is 11.6. The summed E-state index contributed by atoms with van der Waals surface area (Å²) in [6.07, 6.45) is 3.61. The molecule has 20 heavy (non-hydrogen) atoms. The van der Waals surface area contributed by atoms with Crippen LogP contribution in [0.25, 0.3) is 0 Å². The van der Waals surface area contributed by atoms with Crippen LogP contribution >= 0.6 is 0 Å². The summed E-state index contributed by atoms with van der Waals surface area (Å²) < 4.78 is 4.71. The fourth-order valence-corrected chi connectivity index (χ4v) is 2.58. The van der Waals surface area contributed by atoms with Crippen LogP contribution in [0.1, 0.15) is 45.4 Å². The molecule has 0 amide bonds. The zero-order valence-electron chi connectivity index (χ0n) is 11.6. The zero-order chi connectivity index (χ0) is 15.1. The van der Waals surface area contributed by atoms with Crippen LogP contribution in [0.2, 0.25) is 0 Å². The molecule has 0 aromatic heterocycles. The molecule has 0 atom stereocenters. The molecule has 1 rings (SSSR count). The van der Waals surface area contributed by atoms with Crippen LogP contribution in [0.4, 0.5) is 0 Å². The molecule has 1 fully saturated rings. The summed E-state index contributed by atoms with van der Waals surface area (Å²) in [4.78, 5) is 34.2. The number of aliphatic carboxylic acids is 2. The van der Waals surface area contributed by atoms with Crippen LogP contribution < -0.4 is 0 Å². The number of carbonyl (C=O) groups excluding carboxylic acids is 1. The number of carboxylic acid groups (broad SMARTS) is 2. The average Bonchev–Trinajstić information content (AvgIpc) is 2.39. The highest BCUT2D eigenvalue weighted by Crippen LogP contribution is 2.32. The summed E-state index contributed by atoms with van der Waals surface area (Å²) in [5.74, 6) is -3.61. The molecular weight excluding hydrogens is 264 g/mol. The quantitative estimate of drug-likeness (QED) is 0.571. The number of ether oxygens (including phenoxy) is 1. The maximum Gasteiger partial charge on any atom is 0.332 e. The maximum atomic E-state index is 11.5. The van der Waals surface area contributed by atoms with Crippen molar-refractivity contribution in [2.75, 3.05) is 6.61 Å². The lowest BCUT2D eigenvalue weighted by Gasteiger charge is -2.23. The van der Waals surface area contributed by atoms with Crippen LogP contribution in [-0.4, -0.2) is 34.7 Å². The predicted octanol–water partition coefficient (Wildman–Crippen LogP) is 1.99. The normalized spacial score (nSPS) is 17.2. The second kappa shape index (κ2) is 7.67. The SMILES string of the molecule is CCOC(=O)CC(C(=O)O)=C(C(=O)O)C1CCCCC1. The molecule has 1 aliphatic carbocycles. The standard InChI is InChI=1S/C14H20O6/c1-2-20-11(15)8-10(13(16)17)12(14(18)19)9-6-4-3-5-7-9/h9H,2-8H2,1H3,(H,16,17)(H,18,19). The lowest BCUT2D eigenvalue weighted by Crippen LogP contribution is -2.22. The van der Waals surface area contributed by atoms with E-state index in [4.69, 9.17) is 4.74 Å². The number of carbonyl (C=O) groups is 3. The average molecular weight is 284 g/mol. The van der Waals surface area contributed by atoms with E-state index in [1.165, 1.54) is 0 Å². The van der Waals surface area contributed by atoms with Crippen molar-refractivity contribution in [1.29, 1.82) is 0 Å². The van der Waals surface area contributed by atoms with Crippen LogP contribution in [0.15, 0.2) is 11.1 Å². The Morgan fingerprint density at radius 3 is 2.10 bits per heavy atom. The van der Waals surface area contributed by atoms with Gasteiger partial charge in [-0.1, -0.05) is 19.3 Å². The van der Waals surface area contributed by atoms with Crippen molar-refractivity contribution in [3.8, 4) is 0 Å². The Kier molecular flexibility index (Phi) is 6.21. The van der Waals surface area contributed by atoms with Gasteiger partial charge in [-0.15, -0.1) is 0 Å². The van der Waals surface area contributed by atoms with Gasteiger partial charge in [-0.25, -0.2) is 9.59 Å². The Bertz CT molecular complexity index is 417. The molecule has 0 aromatic carbocycles. The minimum absolute atomic E-state index is 0.134. The monoisotopic (exact) mass is 284 g/mol. The van der Waals surface area contributed by atoms with Crippen molar-refractivity contribution in [3.63, 3.8) is 0 Å². The second-order valence-electron chi connectivity index (χ2n) is 4.82. The summed E-state index contributed by atoms with van der Waals surface area (Å²) in [5, 5.41) is 18.5. The molecule has 0 spiro atoms. The molecule has 6 heteroatoms. The highest BCUT2D eigenvalue weighted by Gasteiger charge is 2.30. The van der Waals surface area contributed by atoms with Crippen molar-refractivity contribution in [1.82, 2.24) is 0 Å². The lowest BCUT2D eigenvalue weighted by molar-refractivity contribution is -0.144. The number of carboxylic acids is 2. The number of esters is 1. The van der Waals surface area contributed by atoms with Gasteiger partial charge < -0.3 is 14.9 Å². The van der Waals surface area contributed by atoms with E-state index in [1.54, 1.807) is 6.92 Å². The van der Waals surface area contributed by atoms with Crippen molar-refractivity contribution in [2.24, 2.45) is 5.92 Å². The molecule has 6 nitrogen and oxygen atoms in total. The third-order valence-electron chi connectivity index (χ3n) is 3.45. The van der Waals surface area contributed by atoms with Crippen molar-refractivity contribution in [3.05, 3.63) is 11.1 Å². The summed E-state index contributed by atoms with van der Waals surface area (Å²) in [6.45, 7) is 1.75. The van der Waals surface area contributed by atoms with Crippen LogP contribution in [0.5, 0.6) is 0 Å². The molecule has 1 saturated carbocycles. The second-order valence-corrected chi connectivity index (χ2v) is 4.82. The van der Waals surface area contributed by atoms with Crippen LogP contribution in [0, 0.1) is 5.92 Å². The van der Waals surface area contributed by atoms with Gasteiger partial charge >= 0.3 is 17.9 Å². The first-order valence-corrected chi connectivity index (χ1v) is 6.82. The first-order chi connectivity index (χ1) is 9.47. The molecule has 1 aliphatic rings. The third-order valence-corrected chi connectivity index (χ3v) is 3.45. The fourth-order valence-electron chi connectivity index (χ4n) is 2.58. The van der Waals surface area contributed by atoms with E-state index >= 15 is 0 Å². The molecule has 0 heterocycles. The molecule has 0 aromatic rings. The smallest absolute Gasteiger partial charge is 0.332 e. The van der Waals surface area contributed by atoms with E-state index in [-0.39, 0.29) is 23.7 Å². The van der Waals surface area contributed by atoms with Gasteiger partial charge in [0.25, 0.3) is 0 Å². The number of hydrogen-bond donors (Lipinski definition) is 2. The van der Waals surface area contributed by atoms with E-state index < -0.39 is 24.3 Å². The molecule has 2 N–H and O–H groups in total. The number of hydrogen-bond acceptors (Lipinski definition) is 4. The van der Waals surface area contributed by atoms with E-state index in [1.807, 2.05) is 0 Å². The van der Waals surface area contributed by atoms with Crippen molar-refractivity contribution < 1.29 is 29.3 Å². The summed E-state index contributed by atoms with van der Waals surface area (Å²) >= 11 is 0. The van der Waals surface area contributed by atoms with Gasteiger partial charge in [0.15, 0.2) is 0 Å². The van der Waals surface area contributed by atoms with Crippen LogP contribution in [-0.2, 0) is 19.1 Å². The molecule has 0 saturated heterocycles. The third kappa shape index (κ3) is 4.36. The Morgan fingerprint density at radius 2 is 1.65 bits per heavy atom. The van der Waals surface area contributed by atoms with Gasteiger partial charge in [0.1, 0.15) is 0 Å². The van der Waals surface area contributed by atoms with E-state index in [9.17, 15) is 24.6 Å². The first kappa shape index (κ1) is 16.2. The molecule has 0 aliphatic heterocycles. The Labute approximate surface area is 117 Å². The summed E-state index contributed by atoms with van der Waals surface area (Å²) in [6, 6.07) is 0. The van der Waals surface area contributed by atoms with Gasteiger partial charge in [0.05, 0.1) is 24.2 Å². The molecule has 0 bridgehead atoms. The topological polar surface area (TPSA) is 101 Å². The molecule has 0 radical (unpaired) electrons. The summed E-state index contributed by atoms with van der Waals surface area (Å²) in [5.41, 5.74) is -0.479. The van der Waals surface area contributed by atoms with E-state index in [0.29, 0.717) is 12.8 Å². The van der Waals surface area contributed by atoms with Gasteiger partial charge in [-0.05, 0) is 25.7 Å². The first-order valence-electron chi connectivity index (χ1n) is 6.82. The number of rotatable bonds is 6. The highest BCUT2D eigenvalue weighted by atomic mass is 16.5. The van der Waals surface area contributed by atoms with E-state index in [0.717, 1.165) is 19.3 Å². The fraction of sp³-hybridized carbons (Fsp3) is 0.643. The molecule has 0 unspecified atom stereocenters. The van der Waals surface area contributed by atoms with Crippen molar-refractivity contribution >= 4 is 17.9 Å². The van der Waals surface area contributed by atoms with Gasteiger partial charge in [-0.2, -0.15) is 0 Å². The predicted molar refractivity (Wildman–Crippen MR) is 70.1 cm³/mol. The van der Waals surface area contributed by atoms with Gasteiger partial charge in [0.2, 0.25) is 0 Å².